The van der Waals surface area contributed by atoms with Crippen LogP contribution < -0.4 is 5.32 Å². The van der Waals surface area contributed by atoms with E-state index in [9.17, 15) is 9.59 Å². The summed E-state index contributed by atoms with van der Waals surface area (Å²) in [7, 11) is 3.49. The van der Waals surface area contributed by atoms with Crippen molar-refractivity contribution in [3.8, 4) is 11.8 Å². The number of carbonyl (C=O) groups excluding carboxylic acids is 2. The summed E-state index contributed by atoms with van der Waals surface area (Å²) in [5.41, 5.74) is 1.49. The van der Waals surface area contributed by atoms with Crippen LogP contribution in [-0.4, -0.2) is 48.4 Å². The summed E-state index contributed by atoms with van der Waals surface area (Å²) in [6, 6.07) is 11.3. The van der Waals surface area contributed by atoms with Crippen LogP contribution >= 0.6 is 11.3 Å². The van der Waals surface area contributed by atoms with Crippen LogP contribution in [0.5, 0.6) is 0 Å². The third-order valence-electron chi connectivity index (χ3n) is 5.20. The largest absolute Gasteiger partial charge is 0.341 e. The fourth-order valence-electron chi connectivity index (χ4n) is 3.44. The summed E-state index contributed by atoms with van der Waals surface area (Å²) in [6.07, 6.45) is 5.70. The lowest BCUT2D eigenvalue weighted by atomic mass is 9.94. The molecule has 3 amide bonds. The van der Waals surface area contributed by atoms with Gasteiger partial charge in [0.05, 0.1) is 4.88 Å². The zero-order valence-electron chi connectivity index (χ0n) is 17.0. The lowest BCUT2D eigenvalue weighted by Crippen LogP contribution is -2.45. The highest BCUT2D eigenvalue weighted by Crippen LogP contribution is 2.21. The van der Waals surface area contributed by atoms with Crippen LogP contribution in [0.3, 0.4) is 0 Å². The molecule has 1 heterocycles. The van der Waals surface area contributed by atoms with Crippen LogP contribution in [0.4, 0.5) is 10.5 Å². The number of likely N-dealkylation sites (N-methyl/N-ethyl adjacent to an activating group) is 2. The van der Waals surface area contributed by atoms with E-state index in [4.69, 9.17) is 0 Å². The van der Waals surface area contributed by atoms with E-state index < -0.39 is 0 Å². The average Bonchev–Trinajstić information content (AvgIpc) is 3.26. The molecule has 0 saturated heterocycles. The lowest BCUT2D eigenvalue weighted by molar-refractivity contribution is -0.132. The Morgan fingerprint density at radius 2 is 1.90 bits per heavy atom. The third-order valence-corrected chi connectivity index (χ3v) is 5.99. The van der Waals surface area contributed by atoms with Crippen LogP contribution in [0.25, 0.3) is 0 Å². The Morgan fingerprint density at radius 3 is 2.62 bits per heavy atom. The van der Waals surface area contributed by atoms with Crippen LogP contribution in [0.15, 0.2) is 41.8 Å². The number of hydrogen-bond donors (Lipinski definition) is 1. The Labute approximate surface area is 176 Å². The molecule has 1 N–H and O–H groups in total. The SMILES string of the molecule is CN(CC(=O)N(C)C1CCCCC1)C(=O)Nc1cccc(C#Cc2cccs2)c1. The van der Waals surface area contributed by atoms with Crippen LogP contribution in [-0.2, 0) is 4.79 Å². The van der Waals surface area contributed by atoms with Gasteiger partial charge in [0.25, 0.3) is 0 Å². The molecule has 29 heavy (non-hydrogen) atoms. The smallest absolute Gasteiger partial charge is 0.322 e. The van der Waals surface area contributed by atoms with Gasteiger partial charge in [0.15, 0.2) is 0 Å². The highest BCUT2D eigenvalue weighted by molar-refractivity contribution is 7.10. The van der Waals surface area contributed by atoms with Crippen molar-refractivity contribution in [2.75, 3.05) is 26.0 Å². The molecule has 5 nitrogen and oxygen atoms in total. The van der Waals surface area contributed by atoms with Gasteiger partial charge in [-0.15, -0.1) is 11.3 Å². The molecule has 0 radical (unpaired) electrons. The van der Waals surface area contributed by atoms with E-state index in [0.717, 1.165) is 23.3 Å². The van der Waals surface area contributed by atoms with Crippen LogP contribution in [0.2, 0.25) is 0 Å². The minimum Gasteiger partial charge on any atom is -0.341 e. The maximum Gasteiger partial charge on any atom is 0.322 e. The summed E-state index contributed by atoms with van der Waals surface area (Å²) in [6.45, 7) is 0.0662. The van der Waals surface area contributed by atoms with E-state index >= 15 is 0 Å². The van der Waals surface area contributed by atoms with Crippen molar-refractivity contribution < 1.29 is 9.59 Å². The van der Waals surface area contributed by atoms with Crippen LogP contribution in [0, 0.1) is 11.8 Å². The van der Waals surface area contributed by atoms with Gasteiger partial charge in [-0.3, -0.25) is 4.79 Å². The van der Waals surface area contributed by atoms with Gasteiger partial charge in [0, 0.05) is 31.4 Å². The Balaban J connectivity index is 1.55. The molecule has 1 aliphatic rings. The molecule has 152 valence electrons. The maximum atomic E-state index is 12.5. The molecular weight excluding hydrogens is 382 g/mol. The number of nitrogens with zero attached hydrogens (tertiary/aromatic N) is 2. The molecular formula is C23H27N3O2S. The van der Waals surface area contributed by atoms with Crippen molar-refractivity contribution in [1.29, 1.82) is 0 Å². The average molecular weight is 410 g/mol. The molecule has 1 aromatic carbocycles. The van der Waals surface area contributed by atoms with E-state index in [-0.39, 0.29) is 18.5 Å². The molecule has 6 heteroatoms. The summed E-state index contributed by atoms with van der Waals surface area (Å²) in [5.74, 6) is 6.19. The van der Waals surface area contributed by atoms with E-state index in [1.807, 2.05) is 53.7 Å². The van der Waals surface area contributed by atoms with E-state index in [2.05, 4.69) is 17.2 Å². The highest BCUT2D eigenvalue weighted by Gasteiger charge is 2.23. The van der Waals surface area contributed by atoms with Gasteiger partial charge < -0.3 is 15.1 Å². The molecule has 1 aliphatic carbocycles. The number of thiophene rings is 1. The fraction of sp³-hybridized carbons (Fsp3) is 0.391. The first-order chi connectivity index (χ1) is 14.0. The quantitative estimate of drug-likeness (QED) is 0.761. The Morgan fingerprint density at radius 1 is 1.10 bits per heavy atom. The monoisotopic (exact) mass is 409 g/mol. The van der Waals surface area contributed by atoms with Crippen LogP contribution in [0.1, 0.15) is 42.5 Å². The number of urea groups is 1. The molecule has 0 unspecified atom stereocenters. The third kappa shape index (κ3) is 6.10. The minimum atomic E-state index is -0.307. The minimum absolute atomic E-state index is 0.0230. The van der Waals surface area contributed by atoms with Gasteiger partial charge >= 0.3 is 6.03 Å². The molecule has 1 fully saturated rings. The highest BCUT2D eigenvalue weighted by atomic mass is 32.1. The number of nitrogens with one attached hydrogen (secondary N) is 1. The molecule has 0 bridgehead atoms. The Bertz CT molecular complexity index is 892. The number of carbonyl (C=O) groups is 2. The summed E-state index contributed by atoms with van der Waals surface area (Å²) in [4.78, 5) is 29.3. The topological polar surface area (TPSA) is 52.7 Å². The maximum absolute atomic E-state index is 12.5. The van der Waals surface area contributed by atoms with Crippen molar-refractivity contribution >= 4 is 29.0 Å². The molecule has 2 aromatic rings. The first-order valence-corrected chi connectivity index (χ1v) is 10.8. The molecule has 3 rings (SSSR count). The second-order valence-electron chi connectivity index (χ2n) is 7.39. The van der Waals surface area contributed by atoms with Gasteiger partial charge in [-0.1, -0.05) is 43.2 Å². The second kappa shape index (κ2) is 10.1. The van der Waals surface area contributed by atoms with Gasteiger partial charge in [0.1, 0.15) is 6.54 Å². The van der Waals surface area contributed by atoms with Gasteiger partial charge in [-0.2, -0.15) is 0 Å². The normalized spacial score (nSPS) is 13.9. The van der Waals surface area contributed by atoms with E-state index in [1.165, 1.54) is 24.2 Å². The molecule has 1 aromatic heterocycles. The summed E-state index contributed by atoms with van der Waals surface area (Å²) < 4.78 is 0. The van der Waals surface area contributed by atoms with Crippen molar-refractivity contribution in [3.63, 3.8) is 0 Å². The summed E-state index contributed by atoms with van der Waals surface area (Å²) in [5, 5.41) is 4.84. The Kier molecular flexibility index (Phi) is 7.31. The number of rotatable bonds is 4. The van der Waals surface area contributed by atoms with Gasteiger partial charge in [-0.25, -0.2) is 4.79 Å². The molecule has 0 aliphatic heterocycles. The number of hydrogen-bond acceptors (Lipinski definition) is 3. The zero-order chi connectivity index (χ0) is 20.6. The first-order valence-electron chi connectivity index (χ1n) is 9.96. The van der Waals surface area contributed by atoms with Crippen molar-refractivity contribution in [3.05, 3.63) is 52.2 Å². The standard InChI is InChI=1S/C23H27N3O2S/c1-25(17-22(27)26(2)20-10-4-3-5-11-20)23(28)24-19-9-6-8-18(16-19)13-14-21-12-7-15-29-21/h6-9,12,15-16,20H,3-5,10-11,17H2,1-2H3,(H,24,28). The van der Waals surface area contributed by atoms with Crippen molar-refractivity contribution in [2.24, 2.45) is 0 Å². The second-order valence-corrected chi connectivity index (χ2v) is 8.34. The first kappa shape index (κ1) is 20.9. The van der Waals surface area contributed by atoms with E-state index in [0.29, 0.717) is 11.7 Å². The molecule has 1 saturated carbocycles. The predicted octanol–water partition coefficient (Wildman–Crippen LogP) is 4.40. The number of amides is 3. The van der Waals surface area contributed by atoms with Gasteiger partial charge in [-0.05, 0) is 42.5 Å². The zero-order valence-corrected chi connectivity index (χ0v) is 17.8. The van der Waals surface area contributed by atoms with Crippen molar-refractivity contribution in [2.45, 2.75) is 38.1 Å². The summed E-state index contributed by atoms with van der Waals surface area (Å²) >= 11 is 1.59. The molecule has 0 atom stereocenters. The predicted molar refractivity (Wildman–Crippen MR) is 118 cm³/mol. The van der Waals surface area contributed by atoms with Gasteiger partial charge in [0.2, 0.25) is 5.91 Å². The number of anilines is 1. The molecule has 0 spiro atoms. The van der Waals surface area contributed by atoms with E-state index in [1.54, 1.807) is 18.4 Å². The lowest BCUT2D eigenvalue weighted by Gasteiger charge is -2.32. The Hall–Kier alpha value is -2.78. The fourth-order valence-corrected chi connectivity index (χ4v) is 4.01. The number of benzene rings is 1. The van der Waals surface area contributed by atoms with Crippen molar-refractivity contribution in [1.82, 2.24) is 9.80 Å².